The van der Waals surface area contributed by atoms with E-state index < -0.39 is 10.0 Å². The molecule has 0 spiro atoms. The Morgan fingerprint density at radius 3 is 2.32 bits per heavy atom. The van der Waals surface area contributed by atoms with Gasteiger partial charge in [0, 0.05) is 6.54 Å². The summed E-state index contributed by atoms with van der Waals surface area (Å²) in [6, 6.07) is 12.4. The average Bonchev–Trinajstić information content (AvgIpc) is 2.54. The van der Waals surface area contributed by atoms with Gasteiger partial charge in [0.15, 0.2) is 5.69 Å². The maximum absolute atomic E-state index is 11.5. The van der Waals surface area contributed by atoms with Crippen LogP contribution < -0.4 is 10.0 Å². The zero-order valence-electron chi connectivity index (χ0n) is 11.9. The topological polar surface area (TPSA) is 108 Å². The summed E-state index contributed by atoms with van der Waals surface area (Å²) in [5.74, 6) is 0.527. The molecule has 0 aliphatic rings. The van der Waals surface area contributed by atoms with Gasteiger partial charge >= 0.3 is 0 Å². The van der Waals surface area contributed by atoms with Crippen molar-refractivity contribution >= 4 is 15.8 Å². The lowest BCUT2D eigenvalue weighted by Crippen LogP contribution is -2.20. The van der Waals surface area contributed by atoms with E-state index in [1.54, 1.807) is 24.3 Å². The molecule has 0 amide bonds. The third kappa shape index (κ3) is 4.51. The van der Waals surface area contributed by atoms with Gasteiger partial charge in [-0.05, 0) is 30.3 Å². The van der Waals surface area contributed by atoms with Gasteiger partial charge < -0.3 is 5.32 Å². The monoisotopic (exact) mass is 317 g/mol. The number of nitrogens with zero attached hydrogens (tertiary/aromatic N) is 3. The second-order valence-electron chi connectivity index (χ2n) is 4.55. The lowest BCUT2D eigenvalue weighted by atomic mass is 10.1. The molecule has 114 valence electrons. The summed E-state index contributed by atoms with van der Waals surface area (Å²) >= 11 is 0. The molecule has 1 aromatic heterocycles. The van der Waals surface area contributed by atoms with Crippen molar-refractivity contribution in [2.45, 2.75) is 12.3 Å². The Labute approximate surface area is 129 Å². The second kappa shape index (κ2) is 6.98. The summed E-state index contributed by atoms with van der Waals surface area (Å²) < 4.78 is 25.2. The predicted octanol–water partition coefficient (Wildman–Crippen LogP) is 1.01. The average molecular weight is 317 g/mol. The van der Waals surface area contributed by atoms with Crippen LogP contribution in [0.3, 0.4) is 0 Å². The van der Waals surface area contributed by atoms with Crippen LogP contribution in [0, 0.1) is 11.3 Å². The number of nitriles is 1. The van der Waals surface area contributed by atoms with Crippen LogP contribution in [0.1, 0.15) is 16.8 Å². The maximum atomic E-state index is 11.5. The summed E-state index contributed by atoms with van der Waals surface area (Å²) in [5.41, 5.74) is 1.97. The van der Waals surface area contributed by atoms with Gasteiger partial charge in [-0.15, -0.1) is 10.2 Å². The Morgan fingerprint density at radius 2 is 1.77 bits per heavy atom. The van der Waals surface area contributed by atoms with E-state index in [0.717, 1.165) is 11.1 Å². The zero-order valence-corrected chi connectivity index (χ0v) is 12.8. The minimum absolute atomic E-state index is 0.0433. The van der Waals surface area contributed by atoms with Crippen molar-refractivity contribution in [2.75, 3.05) is 12.4 Å². The van der Waals surface area contributed by atoms with Crippen molar-refractivity contribution in [2.24, 2.45) is 0 Å². The number of hydrogen-bond acceptors (Lipinski definition) is 6. The number of nitrogens with one attached hydrogen (secondary N) is 2. The van der Waals surface area contributed by atoms with Gasteiger partial charge in [-0.3, -0.25) is 0 Å². The molecular weight excluding hydrogens is 302 g/mol. The minimum Gasteiger partial charge on any atom is -0.365 e. The summed E-state index contributed by atoms with van der Waals surface area (Å²) in [4.78, 5) is 0. The molecule has 0 radical (unpaired) electrons. The van der Waals surface area contributed by atoms with E-state index in [0.29, 0.717) is 12.4 Å². The van der Waals surface area contributed by atoms with Gasteiger partial charge in [-0.1, -0.05) is 24.3 Å². The summed E-state index contributed by atoms with van der Waals surface area (Å²) in [6.45, 7) is 0.527. The standard InChI is InChI=1S/C14H15N5O2S/c1-16-22(20,21)10-12-4-2-11(3-5-12)9-17-14-7-6-13(8-15)18-19-14/h2-7,16H,9-10H2,1H3,(H,17,19). The SMILES string of the molecule is CNS(=O)(=O)Cc1ccc(CNc2ccc(C#N)nn2)cc1. The molecule has 0 atom stereocenters. The Kier molecular flexibility index (Phi) is 5.04. The van der Waals surface area contributed by atoms with Gasteiger partial charge in [-0.2, -0.15) is 5.26 Å². The number of hydrogen-bond donors (Lipinski definition) is 2. The van der Waals surface area contributed by atoms with E-state index in [9.17, 15) is 8.42 Å². The van der Waals surface area contributed by atoms with Gasteiger partial charge in [0.05, 0.1) is 5.75 Å². The van der Waals surface area contributed by atoms with Crippen molar-refractivity contribution in [3.05, 3.63) is 53.2 Å². The Bertz CT molecular complexity index is 764. The van der Waals surface area contributed by atoms with Crippen LogP contribution in [-0.4, -0.2) is 25.7 Å². The van der Waals surface area contributed by atoms with Crippen LogP contribution in [0.5, 0.6) is 0 Å². The molecule has 7 nitrogen and oxygen atoms in total. The Balaban J connectivity index is 1.95. The summed E-state index contributed by atoms with van der Waals surface area (Å²) in [7, 11) is -1.86. The molecule has 0 saturated carbocycles. The molecule has 1 aromatic carbocycles. The van der Waals surface area contributed by atoms with E-state index >= 15 is 0 Å². The predicted molar refractivity (Wildman–Crippen MR) is 82.2 cm³/mol. The summed E-state index contributed by atoms with van der Waals surface area (Å²) in [6.07, 6.45) is 0. The summed E-state index contributed by atoms with van der Waals surface area (Å²) in [5, 5.41) is 19.3. The van der Waals surface area contributed by atoms with E-state index in [4.69, 9.17) is 5.26 Å². The van der Waals surface area contributed by atoms with Gasteiger partial charge in [0.25, 0.3) is 0 Å². The van der Waals surface area contributed by atoms with Crippen LogP contribution in [0.4, 0.5) is 5.82 Å². The number of sulfonamides is 1. The molecule has 2 rings (SSSR count). The fourth-order valence-electron chi connectivity index (χ4n) is 1.72. The molecule has 8 heteroatoms. The molecule has 0 aliphatic carbocycles. The van der Waals surface area contributed by atoms with Crippen LogP contribution in [0.2, 0.25) is 0 Å². The molecule has 2 aromatic rings. The molecule has 0 unspecified atom stereocenters. The smallest absolute Gasteiger partial charge is 0.215 e. The molecular formula is C14H15N5O2S. The third-order valence-corrected chi connectivity index (χ3v) is 4.28. The third-order valence-electron chi connectivity index (χ3n) is 2.94. The van der Waals surface area contributed by atoms with Crippen LogP contribution >= 0.6 is 0 Å². The Morgan fingerprint density at radius 1 is 1.09 bits per heavy atom. The number of rotatable bonds is 6. The first kappa shape index (κ1) is 15.9. The largest absolute Gasteiger partial charge is 0.365 e. The first-order chi connectivity index (χ1) is 10.5. The number of benzene rings is 1. The molecule has 22 heavy (non-hydrogen) atoms. The quantitative estimate of drug-likeness (QED) is 0.823. The van der Waals surface area contributed by atoms with Crippen LogP contribution in [0.25, 0.3) is 0 Å². The van der Waals surface area contributed by atoms with Gasteiger partial charge in [0.2, 0.25) is 10.0 Å². The second-order valence-corrected chi connectivity index (χ2v) is 6.48. The first-order valence-corrected chi connectivity index (χ1v) is 8.14. The lowest BCUT2D eigenvalue weighted by Gasteiger charge is -2.07. The number of anilines is 1. The molecule has 0 saturated heterocycles. The molecule has 1 heterocycles. The van der Waals surface area contributed by atoms with Crippen molar-refractivity contribution in [3.63, 3.8) is 0 Å². The highest BCUT2D eigenvalue weighted by atomic mass is 32.2. The maximum Gasteiger partial charge on any atom is 0.215 e. The molecule has 0 fully saturated rings. The van der Waals surface area contributed by atoms with E-state index in [1.165, 1.54) is 7.05 Å². The van der Waals surface area contributed by atoms with Gasteiger partial charge in [-0.25, -0.2) is 13.1 Å². The van der Waals surface area contributed by atoms with E-state index in [-0.39, 0.29) is 11.4 Å². The van der Waals surface area contributed by atoms with Crippen molar-refractivity contribution in [3.8, 4) is 6.07 Å². The fourth-order valence-corrected chi connectivity index (χ4v) is 2.50. The molecule has 2 N–H and O–H groups in total. The van der Waals surface area contributed by atoms with Crippen LogP contribution in [-0.2, 0) is 22.3 Å². The van der Waals surface area contributed by atoms with E-state index in [2.05, 4.69) is 20.2 Å². The van der Waals surface area contributed by atoms with Crippen molar-refractivity contribution in [1.29, 1.82) is 5.26 Å². The Hall–Kier alpha value is -2.50. The highest BCUT2D eigenvalue weighted by molar-refractivity contribution is 7.88. The highest BCUT2D eigenvalue weighted by Gasteiger charge is 2.08. The highest BCUT2D eigenvalue weighted by Crippen LogP contribution is 2.10. The van der Waals surface area contributed by atoms with E-state index in [1.807, 2.05) is 18.2 Å². The molecule has 0 bridgehead atoms. The minimum atomic E-state index is -3.26. The lowest BCUT2D eigenvalue weighted by molar-refractivity contribution is 0.587. The fraction of sp³-hybridized carbons (Fsp3) is 0.214. The van der Waals surface area contributed by atoms with Crippen LogP contribution in [0.15, 0.2) is 36.4 Å². The van der Waals surface area contributed by atoms with Gasteiger partial charge in [0.1, 0.15) is 11.9 Å². The molecule has 0 aliphatic heterocycles. The first-order valence-electron chi connectivity index (χ1n) is 6.49. The number of aromatic nitrogens is 2. The van der Waals surface area contributed by atoms with Crippen molar-refractivity contribution in [1.82, 2.24) is 14.9 Å². The normalized spacial score (nSPS) is 10.9. The van der Waals surface area contributed by atoms with Crippen molar-refractivity contribution < 1.29 is 8.42 Å². The zero-order chi connectivity index (χ0) is 16.0.